The third-order valence-electron chi connectivity index (χ3n) is 1.39. The molecule has 0 fully saturated rings. The van der Waals surface area contributed by atoms with Crippen molar-refractivity contribution in [1.29, 1.82) is 0 Å². The molecule has 0 unspecified atom stereocenters. The van der Waals surface area contributed by atoms with Gasteiger partial charge in [0, 0.05) is 19.4 Å². The minimum Gasteiger partial charge on any atom is -0.355 e. The van der Waals surface area contributed by atoms with Crippen molar-refractivity contribution in [2.75, 3.05) is 10.6 Å². The van der Waals surface area contributed by atoms with E-state index in [-0.39, 0.29) is 5.91 Å². The summed E-state index contributed by atoms with van der Waals surface area (Å²) in [6, 6.07) is 1.75. The summed E-state index contributed by atoms with van der Waals surface area (Å²) in [7, 11) is 1.59. The number of hydrogen-bond acceptors (Lipinski definition) is 3. The van der Waals surface area contributed by atoms with Crippen molar-refractivity contribution >= 4 is 34.5 Å². The van der Waals surface area contributed by atoms with Crippen LogP contribution in [-0.2, 0) is 0 Å². The van der Waals surface area contributed by atoms with Gasteiger partial charge in [-0.15, -0.1) is 0 Å². The van der Waals surface area contributed by atoms with Crippen molar-refractivity contribution in [2.45, 2.75) is 0 Å². The van der Waals surface area contributed by atoms with Crippen LogP contribution in [0, 0.1) is 0 Å². The van der Waals surface area contributed by atoms with E-state index < -0.39 is 0 Å². The summed E-state index contributed by atoms with van der Waals surface area (Å²) in [5, 5.41) is 2.53. The fourth-order valence-corrected chi connectivity index (χ4v) is 1.26. The molecule has 0 bridgehead atoms. The van der Waals surface area contributed by atoms with E-state index in [1.165, 1.54) is 6.20 Å². The van der Waals surface area contributed by atoms with Crippen LogP contribution in [0.5, 0.6) is 0 Å². The number of amides is 1. The molecule has 0 aliphatic carbocycles. The molecule has 0 aromatic carbocycles. The van der Waals surface area contributed by atoms with Gasteiger partial charge in [-0.2, -0.15) is 0 Å². The normalized spacial score (nSPS) is 9.17. The Bertz CT molecular complexity index is 290. The molecule has 0 saturated carbocycles. The molecule has 0 aliphatic rings. The lowest BCUT2D eigenvalue weighted by molar-refractivity contribution is 0.0963. The van der Waals surface area contributed by atoms with Gasteiger partial charge in [-0.05, 0) is 6.07 Å². The first-order valence-electron chi connectivity index (χ1n) is 3.32. The van der Waals surface area contributed by atoms with Crippen LogP contribution in [0.2, 0.25) is 0 Å². The van der Waals surface area contributed by atoms with E-state index >= 15 is 0 Å². The summed E-state index contributed by atoms with van der Waals surface area (Å²) in [6.45, 7) is 0. The lowest BCUT2D eigenvalue weighted by Gasteiger charge is -2.04. The summed E-state index contributed by atoms with van der Waals surface area (Å²) >= 11 is 1.97. The maximum Gasteiger partial charge on any atom is 0.254 e. The van der Waals surface area contributed by atoms with Gasteiger partial charge in [0.1, 0.15) is 0 Å². The lowest BCUT2D eigenvalue weighted by atomic mass is 10.2. The molecule has 4 nitrogen and oxygen atoms in total. The number of carbonyl (C=O) groups is 1. The highest BCUT2D eigenvalue weighted by Crippen LogP contribution is 2.14. The van der Waals surface area contributed by atoms with E-state index in [0.717, 1.165) is 5.69 Å². The number of nitrogens with zero attached hydrogens (tertiary/aromatic N) is 1. The third-order valence-corrected chi connectivity index (χ3v) is 1.98. The Balaban J connectivity index is 3.04. The Hall–Kier alpha value is -0.850. The fourth-order valence-electron chi connectivity index (χ4n) is 0.792. The molecular weight excluding hydrogens is 269 g/mol. The summed E-state index contributed by atoms with van der Waals surface area (Å²) in [5.74, 6) is -0.137. The van der Waals surface area contributed by atoms with Gasteiger partial charge in [-0.1, -0.05) is 0 Å². The predicted octanol–water partition coefficient (Wildman–Crippen LogP) is 1.20. The van der Waals surface area contributed by atoms with E-state index in [2.05, 4.69) is 13.8 Å². The molecule has 5 heteroatoms. The standard InChI is InChI=1S/C7H8IN3O/c1-9-7(12)5-4-10-3-2-6(5)11-8/h2-4H,1H3,(H,9,12)(H,10,11). The van der Waals surface area contributed by atoms with Crippen LogP contribution in [0.15, 0.2) is 18.5 Å². The Labute approximate surface area is 84.3 Å². The summed E-state index contributed by atoms with van der Waals surface area (Å²) < 4.78 is 2.88. The highest BCUT2D eigenvalue weighted by molar-refractivity contribution is 14.1. The van der Waals surface area contributed by atoms with Crippen molar-refractivity contribution in [3.63, 3.8) is 0 Å². The van der Waals surface area contributed by atoms with Crippen LogP contribution in [-0.4, -0.2) is 17.9 Å². The molecule has 1 aromatic rings. The molecule has 2 N–H and O–H groups in total. The van der Waals surface area contributed by atoms with Crippen molar-refractivity contribution in [3.05, 3.63) is 24.0 Å². The van der Waals surface area contributed by atoms with Gasteiger partial charge in [-0.3, -0.25) is 9.78 Å². The van der Waals surface area contributed by atoms with E-state index in [0.29, 0.717) is 5.56 Å². The second-order valence-electron chi connectivity index (χ2n) is 2.09. The number of hydrogen-bond donors (Lipinski definition) is 2. The van der Waals surface area contributed by atoms with E-state index in [9.17, 15) is 4.79 Å². The molecule has 1 heterocycles. The first-order chi connectivity index (χ1) is 5.79. The smallest absolute Gasteiger partial charge is 0.254 e. The van der Waals surface area contributed by atoms with E-state index in [1.807, 2.05) is 22.9 Å². The first kappa shape index (κ1) is 9.24. The number of aromatic nitrogens is 1. The second-order valence-corrected chi connectivity index (χ2v) is 2.63. The van der Waals surface area contributed by atoms with Gasteiger partial charge in [0.05, 0.1) is 34.1 Å². The zero-order valence-electron chi connectivity index (χ0n) is 6.47. The number of anilines is 1. The predicted molar refractivity (Wildman–Crippen MR) is 55.3 cm³/mol. The first-order valence-corrected chi connectivity index (χ1v) is 4.40. The summed E-state index contributed by atoms with van der Waals surface area (Å²) in [4.78, 5) is 15.1. The molecule has 12 heavy (non-hydrogen) atoms. The number of carbonyl (C=O) groups excluding carboxylic acids is 1. The fraction of sp³-hybridized carbons (Fsp3) is 0.143. The van der Waals surface area contributed by atoms with Gasteiger partial charge in [-0.25, -0.2) is 0 Å². The molecule has 64 valence electrons. The maximum atomic E-state index is 11.2. The largest absolute Gasteiger partial charge is 0.355 e. The van der Waals surface area contributed by atoms with E-state index in [4.69, 9.17) is 0 Å². The van der Waals surface area contributed by atoms with Crippen LogP contribution in [0.1, 0.15) is 10.4 Å². The number of halogens is 1. The average Bonchev–Trinajstić information content (AvgIpc) is 2.16. The van der Waals surface area contributed by atoms with E-state index in [1.54, 1.807) is 19.3 Å². The number of pyridine rings is 1. The zero-order valence-corrected chi connectivity index (χ0v) is 8.62. The van der Waals surface area contributed by atoms with Crippen molar-refractivity contribution in [1.82, 2.24) is 10.3 Å². The van der Waals surface area contributed by atoms with Gasteiger partial charge >= 0.3 is 0 Å². The number of nitrogens with one attached hydrogen (secondary N) is 2. The van der Waals surface area contributed by atoms with Crippen LogP contribution < -0.4 is 8.85 Å². The second kappa shape index (κ2) is 4.24. The summed E-state index contributed by atoms with van der Waals surface area (Å²) in [6.07, 6.45) is 3.16. The highest BCUT2D eigenvalue weighted by Gasteiger charge is 2.07. The summed E-state index contributed by atoms with van der Waals surface area (Å²) in [5.41, 5.74) is 1.32. The molecule has 0 saturated heterocycles. The monoisotopic (exact) mass is 277 g/mol. The molecule has 1 rings (SSSR count). The quantitative estimate of drug-likeness (QED) is 0.631. The molecule has 0 aliphatic heterocycles. The average molecular weight is 277 g/mol. The van der Waals surface area contributed by atoms with Crippen LogP contribution in [0.4, 0.5) is 5.69 Å². The molecule has 0 atom stereocenters. The maximum absolute atomic E-state index is 11.2. The molecule has 1 amide bonds. The lowest BCUT2D eigenvalue weighted by Crippen LogP contribution is -2.18. The van der Waals surface area contributed by atoms with Gasteiger partial charge in [0.2, 0.25) is 0 Å². The molecular formula is C7H8IN3O. The Kier molecular flexibility index (Phi) is 3.27. The minimum absolute atomic E-state index is 0.137. The highest BCUT2D eigenvalue weighted by atomic mass is 127. The zero-order chi connectivity index (χ0) is 8.97. The molecule has 0 spiro atoms. The number of rotatable bonds is 2. The molecule has 1 aromatic heterocycles. The minimum atomic E-state index is -0.137. The van der Waals surface area contributed by atoms with Crippen LogP contribution >= 0.6 is 22.9 Å². The van der Waals surface area contributed by atoms with Crippen molar-refractivity contribution < 1.29 is 4.79 Å². The van der Waals surface area contributed by atoms with Crippen LogP contribution in [0.25, 0.3) is 0 Å². The Morgan fingerprint density at radius 2 is 2.42 bits per heavy atom. The Morgan fingerprint density at radius 3 is 3.00 bits per heavy atom. The molecule has 0 radical (unpaired) electrons. The Morgan fingerprint density at radius 1 is 1.67 bits per heavy atom. The van der Waals surface area contributed by atoms with Gasteiger partial charge < -0.3 is 8.85 Å². The van der Waals surface area contributed by atoms with Crippen molar-refractivity contribution in [2.24, 2.45) is 0 Å². The third kappa shape index (κ3) is 1.84. The van der Waals surface area contributed by atoms with Crippen LogP contribution in [0.3, 0.4) is 0 Å². The van der Waals surface area contributed by atoms with Gasteiger partial charge in [0.15, 0.2) is 0 Å². The van der Waals surface area contributed by atoms with Gasteiger partial charge in [0.25, 0.3) is 5.91 Å². The van der Waals surface area contributed by atoms with Crippen molar-refractivity contribution in [3.8, 4) is 0 Å². The topological polar surface area (TPSA) is 54.0 Å². The SMILES string of the molecule is CNC(=O)c1cnccc1NI.